The van der Waals surface area contributed by atoms with Gasteiger partial charge in [0.15, 0.2) is 5.76 Å². The van der Waals surface area contributed by atoms with Crippen molar-refractivity contribution in [2.24, 2.45) is 11.7 Å². The lowest BCUT2D eigenvalue weighted by Gasteiger charge is -2.10. The smallest absolute Gasteiger partial charge is 0.214 e. The molecule has 2 aromatic rings. The molecule has 0 amide bonds. The van der Waals surface area contributed by atoms with Gasteiger partial charge in [-0.3, -0.25) is 4.79 Å². The van der Waals surface area contributed by atoms with Gasteiger partial charge >= 0.3 is 0 Å². The van der Waals surface area contributed by atoms with Crippen LogP contribution in [-0.4, -0.2) is 11.8 Å². The van der Waals surface area contributed by atoms with Crippen LogP contribution in [0.5, 0.6) is 0 Å². The third-order valence-electron chi connectivity index (χ3n) is 2.78. The minimum Gasteiger partial charge on any atom is -0.453 e. The molecular weight excluding hydrogens is 233 g/mol. The Hall–Kier alpha value is -1.68. The van der Waals surface area contributed by atoms with Crippen LogP contribution in [0.4, 0.5) is 4.39 Å². The molecule has 96 valence electrons. The van der Waals surface area contributed by atoms with Crippen molar-refractivity contribution in [3.8, 4) is 0 Å². The van der Waals surface area contributed by atoms with E-state index < -0.39 is 6.04 Å². The van der Waals surface area contributed by atoms with E-state index in [1.54, 1.807) is 6.07 Å². The molecule has 3 nitrogen and oxygen atoms in total. The van der Waals surface area contributed by atoms with Crippen LogP contribution in [0.1, 0.15) is 30.8 Å². The number of halogens is 1. The fraction of sp³-hybridized carbons (Fsp3) is 0.357. The second kappa shape index (κ2) is 4.90. The van der Waals surface area contributed by atoms with Gasteiger partial charge in [-0.1, -0.05) is 13.8 Å². The maximum Gasteiger partial charge on any atom is 0.214 e. The summed E-state index contributed by atoms with van der Waals surface area (Å²) >= 11 is 0. The standard InChI is InChI=1S/C14H16FNO2/c1-8(2)5-11(16)14(17)13-7-9-6-10(15)3-4-12(9)18-13/h3-4,6-8,11H,5,16H2,1-2H3. The van der Waals surface area contributed by atoms with E-state index >= 15 is 0 Å². The van der Waals surface area contributed by atoms with Gasteiger partial charge in [0, 0.05) is 5.39 Å². The number of nitrogens with two attached hydrogens (primary N) is 1. The summed E-state index contributed by atoms with van der Waals surface area (Å²) < 4.78 is 18.4. The molecule has 0 radical (unpaired) electrons. The minimum atomic E-state index is -0.574. The number of carbonyl (C=O) groups excluding carboxylic acids is 1. The first-order valence-electron chi connectivity index (χ1n) is 5.96. The first kappa shape index (κ1) is 12.8. The Kier molecular flexibility index (Phi) is 3.48. The van der Waals surface area contributed by atoms with Crippen LogP contribution in [0.3, 0.4) is 0 Å². The Morgan fingerprint density at radius 3 is 2.78 bits per heavy atom. The summed E-state index contributed by atoms with van der Waals surface area (Å²) in [5.74, 6) is -0.0522. The van der Waals surface area contributed by atoms with E-state index in [-0.39, 0.29) is 17.4 Å². The summed E-state index contributed by atoms with van der Waals surface area (Å²) in [6.07, 6.45) is 0.601. The average molecular weight is 249 g/mol. The van der Waals surface area contributed by atoms with Crippen molar-refractivity contribution in [3.63, 3.8) is 0 Å². The van der Waals surface area contributed by atoms with E-state index in [0.29, 0.717) is 23.3 Å². The highest BCUT2D eigenvalue weighted by atomic mass is 19.1. The molecule has 1 atom stereocenters. The fourth-order valence-electron chi connectivity index (χ4n) is 1.93. The molecule has 1 aromatic carbocycles. The van der Waals surface area contributed by atoms with Gasteiger partial charge in [-0.25, -0.2) is 4.39 Å². The molecule has 2 rings (SSSR count). The highest BCUT2D eigenvalue weighted by Gasteiger charge is 2.20. The first-order chi connectivity index (χ1) is 8.47. The Morgan fingerprint density at radius 1 is 1.39 bits per heavy atom. The largest absolute Gasteiger partial charge is 0.453 e. The van der Waals surface area contributed by atoms with Crippen molar-refractivity contribution in [2.75, 3.05) is 0 Å². The zero-order valence-electron chi connectivity index (χ0n) is 10.4. The molecule has 0 saturated heterocycles. The highest BCUT2D eigenvalue weighted by molar-refractivity contribution is 6.00. The lowest BCUT2D eigenvalue weighted by atomic mass is 10.00. The average Bonchev–Trinajstić information content (AvgIpc) is 2.69. The molecule has 0 aliphatic rings. The van der Waals surface area contributed by atoms with Gasteiger partial charge in [-0.05, 0) is 36.6 Å². The molecule has 0 spiro atoms. The second-order valence-electron chi connectivity index (χ2n) is 4.89. The highest BCUT2D eigenvalue weighted by Crippen LogP contribution is 2.22. The van der Waals surface area contributed by atoms with Crippen molar-refractivity contribution in [2.45, 2.75) is 26.3 Å². The molecule has 18 heavy (non-hydrogen) atoms. The lowest BCUT2D eigenvalue weighted by Crippen LogP contribution is -2.31. The molecule has 0 saturated carbocycles. The van der Waals surface area contributed by atoms with Gasteiger partial charge < -0.3 is 10.2 Å². The van der Waals surface area contributed by atoms with E-state index in [0.717, 1.165) is 0 Å². The van der Waals surface area contributed by atoms with E-state index in [4.69, 9.17) is 10.2 Å². The zero-order chi connectivity index (χ0) is 13.3. The summed E-state index contributed by atoms with van der Waals surface area (Å²) in [4.78, 5) is 12.0. The van der Waals surface area contributed by atoms with Gasteiger partial charge in [0.25, 0.3) is 0 Å². The first-order valence-corrected chi connectivity index (χ1v) is 5.96. The van der Waals surface area contributed by atoms with Crippen molar-refractivity contribution in [3.05, 3.63) is 35.8 Å². The van der Waals surface area contributed by atoms with Crippen molar-refractivity contribution in [1.29, 1.82) is 0 Å². The maximum atomic E-state index is 13.0. The van der Waals surface area contributed by atoms with Crippen LogP contribution in [0.2, 0.25) is 0 Å². The summed E-state index contributed by atoms with van der Waals surface area (Å²) in [7, 11) is 0. The normalized spacial score (nSPS) is 13.2. The molecule has 0 aliphatic heterocycles. The molecular formula is C14H16FNO2. The summed E-state index contributed by atoms with van der Waals surface area (Å²) in [6.45, 7) is 4.00. The van der Waals surface area contributed by atoms with E-state index in [1.807, 2.05) is 13.8 Å². The van der Waals surface area contributed by atoms with Crippen molar-refractivity contribution in [1.82, 2.24) is 0 Å². The third-order valence-corrected chi connectivity index (χ3v) is 2.78. The predicted octanol–water partition coefficient (Wildman–Crippen LogP) is 3.13. The number of furan rings is 1. The summed E-state index contributed by atoms with van der Waals surface area (Å²) in [6, 6.07) is 5.11. The molecule has 0 aliphatic carbocycles. The molecule has 1 aromatic heterocycles. The van der Waals surface area contributed by atoms with Crippen LogP contribution in [-0.2, 0) is 0 Å². The van der Waals surface area contributed by atoms with E-state index in [1.165, 1.54) is 18.2 Å². The van der Waals surface area contributed by atoms with E-state index in [2.05, 4.69) is 0 Å². The number of benzene rings is 1. The Morgan fingerprint density at radius 2 is 2.11 bits per heavy atom. The number of rotatable bonds is 4. The molecule has 0 fully saturated rings. The Labute approximate surface area is 105 Å². The van der Waals surface area contributed by atoms with Crippen LogP contribution in [0.15, 0.2) is 28.7 Å². The Bertz CT molecular complexity index is 574. The second-order valence-corrected chi connectivity index (χ2v) is 4.89. The molecule has 0 bridgehead atoms. The number of ketones is 1. The quantitative estimate of drug-likeness (QED) is 0.847. The number of hydrogen-bond donors (Lipinski definition) is 1. The minimum absolute atomic E-state index is 0.198. The predicted molar refractivity (Wildman–Crippen MR) is 67.9 cm³/mol. The summed E-state index contributed by atoms with van der Waals surface area (Å²) in [5, 5.41) is 0.579. The van der Waals surface area contributed by atoms with Gasteiger partial charge in [0.1, 0.15) is 11.4 Å². The van der Waals surface area contributed by atoms with Crippen LogP contribution in [0, 0.1) is 11.7 Å². The number of Topliss-reactive ketones (excluding diaryl/α,β-unsaturated/α-hetero) is 1. The molecule has 2 N–H and O–H groups in total. The van der Waals surface area contributed by atoms with Crippen LogP contribution in [0.25, 0.3) is 11.0 Å². The van der Waals surface area contributed by atoms with E-state index in [9.17, 15) is 9.18 Å². The van der Waals surface area contributed by atoms with Crippen molar-refractivity contribution >= 4 is 16.8 Å². The van der Waals surface area contributed by atoms with Gasteiger partial charge in [0.05, 0.1) is 6.04 Å². The topological polar surface area (TPSA) is 56.2 Å². The molecule has 4 heteroatoms. The number of fused-ring (bicyclic) bond motifs is 1. The van der Waals surface area contributed by atoms with Crippen molar-refractivity contribution < 1.29 is 13.6 Å². The number of carbonyl (C=O) groups is 1. The summed E-state index contributed by atoms with van der Waals surface area (Å²) in [5.41, 5.74) is 6.32. The van der Waals surface area contributed by atoms with Crippen LogP contribution >= 0.6 is 0 Å². The van der Waals surface area contributed by atoms with Gasteiger partial charge in [0.2, 0.25) is 5.78 Å². The molecule has 1 unspecified atom stereocenters. The van der Waals surface area contributed by atoms with Gasteiger partial charge in [-0.15, -0.1) is 0 Å². The lowest BCUT2D eigenvalue weighted by molar-refractivity contribution is 0.0925. The fourth-order valence-corrected chi connectivity index (χ4v) is 1.93. The third kappa shape index (κ3) is 2.59. The van der Waals surface area contributed by atoms with Crippen LogP contribution < -0.4 is 5.73 Å². The van der Waals surface area contributed by atoms with Gasteiger partial charge in [-0.2, -0.15) is 0 Å². The number of hydrogen-bond acceptors (Lipinski definition) is 3. The molecule has 1 heterocycles. The monoisotopic (exact) mass is 249 g/mol. The maximum absolute atomic E-state index is 13.0. The Balaban J connectivity index is 2.28. The zero-order valence-corrected chi connectivity index (χ0v) is 10.4. The SMILES string of the molecule is CC(C)CC(N)C(=O)c1cc2cc(F)ccc2o1.